The summed E-state index contributed by atoms with van der Waals surface area (Å²) in [5.74, 6) is -0.0555. The van der Waals surface area contributed by atoms with Crippen LogP contribution < -0.4 is 10.6 Å². The smallest absolute Gasteiger partial charge is 0.225 e. The maximum atomic E-state index is 12.1. The minimum Gasteiger partial charge on any atom is -0.324 e. The second-order valence-corrected chi connectivity index (χ2v) is 6.10. The molecular weight excluding hydrogens is 309 g/mol. The Morgan fingerprint density at radius 1 is 1.38 bits per heavy atom. The average Bonchev–Trinajstić information content (AvgIpc) is 2.89. The van der Waals surface area contributed by atoms with Crippen LogP contribution >= 0.6 is 23.2 Å². The second kappa shape index (κ2) is 7.99. The number of carbonyl (C=O) groups excluding carboxylic acids is 1. The molecule has 6 heteroatoms. The molecule has 1 aromatic rings. The van der Waals surface area contributed by atoms with Crippen molar-refractivity contribution in [1.82, 2.24) is 10.2 Å². The van der Waals surface area contributed by atoms with E-state index in [1.165, 1.54) is 12.8 Å². The second-order valence-electron chi connectivity index (χ2n) is 5.28. The highest BCUT2D eigenvalue weighted by atomic mass is 35.5. The molecule has 4 nitrogen and oxygen atoms in total. The lowest BCUT2D eigenvalue weighted by molar-refractivity contribution is -0.116. The third-order valence-electron chi connectivity index (χ3n) is 3.79. The van der Waals surface area contributed by atoms with Crippen molar-refractivity contribution in [3.05, 3.63) is 28.2 Å². The first-order valence-corrected chi connectivity index (χ1v) is 8.00. The van der Waals surface area contributed by atoms with Crippen LogP contribution in [0, 0.1) is 0 Å². The molecule has 1 amide bonds. The van der Waals surface area contributed by atoms with E-state index in [1.54, 1.807) is 18.2 Å². The standard InChI is InChI=1S/C15H21Cl2N3O/c1-18-10-11-4-3-8-20(11)9-7-14(21)19-15-12(16)5-2-6-13(15)17/h2,5-6,11,18H,3-4,7-10H2,1H3,(H,19,21). The number of likely N-dealkylation sites (N-methyl/N-ethyl adjacent to an activating group) is 1. The van der Waals surface area contributed by atoms with Crippen molar-refractivity contribution in [3.8, 4) is 0 Å². The Morgan fingerprint density at radius 2 is 2.10 bits per heavy atom. The van der Waals surface area contributed by atoms with Gasteiger partial charge in [0.2, 0.25) is 5.91 Å². The Balaban J connectivity index is 1.85. The zero-order chi connectivity index (χ0) is 15.2. The first kappa shape index (κ1) is 16.6. The van der Waals surface area contributed by atoms with Gasteiger partial charge in [-0.1, -0.05) is 29.3 Å². The summed E-state index contributed by atoms with van der Waals surface area (Å²) < 4.78 is 0. The summed E-state index contributed by atoms with van der Waals surface area (Å²) in [5, 5.41) is 6.94. The SMILES string of the molecule is CNCC1CCCN1CCC(=O)Nc1c(Cl)cccc1Cl. The minimum absolute atomic E-state index is 0.0555. The van der Waals surface area contributed by atoms with Gasteiger partial charge in [-0.2, -0.15) is 0 Å². The molecule has 2 N–H and O–H groups in total. The highest BCUT2D eigenvalue weighted by Crippen LogP contribution is 2.29. The molecule has 1 unspecified atom stereocenters. The molecule has 1 aromatic carbocycles. The van der Waals surface area contributed by atoms with Crippen molar-refractivity contribution in [2.75, 3.05) is 32.0 Å². The molecule has 0 aromatic heterocycles. The predicted molar refractivity (Wildman–Crippen MR) is 88.2 cm³/mol. The van der Waals surface area contributed by atoms with E-state index in [4.69, 9.17) is 23.2 Å². The zero-order valence-corrected chi connectivity index (χ0v) is 13.7. The number of likely N-dealkylation sites (tertiary alicyclic amines) is 1. The van der Waals surface area contributed by atoms with Gasteiger partial charge in [-0.15, -0.1) is 0 Å². The number of benzene rings is 1. The first-order chi connectivity index (χ1) is 10.1. The maximum absolute atomic E-state index is 12.1. The van der Waals surface area contributed by atoms with Crippen molar-refractivity contribution in [2.45, 2.75) is 25.3 Å². The van der Waals surface area contributed by atoms with Crippen LogP contribution in [0.5, 0.6) is 0 Å². The number of rotatable bonds is 6. The van der Waals surface area contributed by atoms with E-state index in [-0.39, 0.29) is 5.91 Å². The molecule has 1 saturated heterocycles. The van der Waals surface area contributed by atoms with Crippen LogP contribution in [0.1, 0.15) is 19.3 Å². The van der Waals surface area contributed by atoms with Crippen molar-refractivity contribution < 1.29 is 4.79 Å². The molecule has 0 aliphatic carbocycles. The zero-order valence-electron chi connectivity index (χ0n) is 12.2. The Kier molecular flexibility index (Phi) is 6.30. The van der Waals surface area contributed by atoms with Gasteiger partial charge in [-0.05, 0) is 38.6 Å². The molecule has 0 spiro atoms. The topological polar surface area (TPSA) is 44.4 Å². The summed E-state index contributed by atoms with van der Waals surface area (Å²) in [6, 6.07) is 5.72. The van der Waals surface area contributed by atoms with E-state index in [2.05, 4.69) is 15.5 Å². The third kappa shape index (κ3) is 4.58. The molecule has 1 heterocycles. The van der Waals surface area contributed by atoms with Crippen molar-refractivity contribution in [1.29, 1.82) is 0 Å². The summed E-state index contributed by atoms with van der Waals surface area (Å²) in [5.41, 5.74) is 0.499. The molecule has 2 rings (SSSR count). The fourth-order valence-electron chi connectivity index (χ4n) is 2.72. The van der Waals surface area contributed by atoms with Gasteiger partial charge in [0.1, 0.15) is 0 Å². The normalized spacial score (nSPS) is 18.9. The molecule has 1 fully saturated rings. The quantitative estimate of drug-likeness (QED) is 0.843. The van der Waals surface area contributed by atoms with E-state index in [9.17, 15) is 4.79 Å². The lowest BCUT2D eigenvalue weighted by Crippen LogP contribution is -2.38. The van der Waals surface area contributed by atoms with Gasteiger partial charge in [0, 0.05) is 25.6 Å². The van der Waals surface area contributed by atoms with Crippen LogP contribution in [0.3, 0.4) is 0 Å². The third-order valence-corrected chi connectivity index (χ3v) is 4.42. The summed E-state index contributed by atoms with van der Waals surface area (Å²) in [4.78, 5) is 14.4. The Labute approximate surface area is 135 Å². The number of amides is 1. The number of para-hydroxylation sites is 1. The van der Waals surface area contributed by atoms with Crippen molar-refractivity contribution >= 4 is 34.8 Å². The summed E-state index contributed by atoms with van der Waals surface area (Å²) in [6.45, 7) is 2.80. The molecular formula is C15H21Cl2N3O. The lowest BCUT2D eigenvalue weighted by Gasteiger charge is -2.23. The number of carbonyl (C=O) groups is 1. The number of nitrogens with one attached hydrogen (secondary N) is 2. The van der Waals surface area contributed by atoms with Crippen LogP contribution in [0.2, 0.25) is 10.0 Å². The monoisotopic (exact) mass is 329 g/mol. The van der Waals surface area contributed by atoms with Crippen LogP contribution in [0.15, 0.2) is 18.2 Å². The average molecular weight is 330 g/mol. The summed E-state index contributed by atoms with van der Waals surface area (Å²) in [6.07, 6.45) is 2.84. The Morgan fingerprint density at radius 3 is 2.76 bits per heavy atom. The summed E-state index contributed by atoms with van der Waals surface area (Å²) >= 11 is 12.1. The molecule has 21 heavy (non-hydrogen) atoms. The number of hydrogen-bond acceptors (Lipinski definition) is 3. The van der Waals surface area contributed by atoms with Gasteiger partial charge in [0.05, 0.1) is 15.7 Å². The largest absolute Gasteiger partial charge is 0.324 e. The van der Waals surface area contributed by atoms with Crippen molar-refractivity contribution in [3.63, 3.8) is 0 Å². The van der Waals surface area contributed by atoms with Crippen LogP contribution in [-0.4, -0.2) is 43.5 Å². The maximum Gasteiger partial charge on any atom is 0.225 e. The van der Waals surface area contributed by atoms with E-state index >= 15 is 0 Å². The molecule has 1 aliphatic heterocycles. The number of nitrogens with zero attached hydrogens (tertiary/aromatic N) is 1. The van der Waals surface area contributed by atoms with Crippen LogP contribution in [0.4, 0.5) is 5.69 Å². The molecule has 1 aliphatic rings. The Hall–Kier alpha value is -0.810. The van der Waals surface area contributed by atoms with Gasteiger partial charge in [0.25, 0.3) is 0 Å². The van der Waals surface area contributed by atoms with Gasteiger partial charge >= 0.3 is 0 Å². The molecule has 0 bridgehead atoms. The summed E-state index contributed by atoms with van der Waals surface area (Å²) in [7, 11) is 1.96. The molecule has 0 saturated carbocycles. The van der Waals surface area contributed by atoms with Crippen LogP contribution in [-0.2, 0) is 4.79 Å². The molecule has 116 valence electrons. The molecule has 0 radical (unpaired) electrons. The fourth-order valence-corrected chi connectivity index (χ4v) is 3.21. The van der Waals surface area contributed by atoms with Gasteiger partial charge in [-0.25, -0.2) is 0 Å². The van der Waals surface area contributed by atoms with Crippen molar-refractivity contribution in [2.24, 2.45) is 0 Å². The Bertz CT molecular complexity index is 476. The lowest BCUT2D eigenvalue weighted by atomic mass is 10.2. The van der Waals surface area contributed by atoms with Gasteiger partial charge < -0.3 is 10.6 Å². The van der Waals surface area contributed by atoms with E-state index in [1.807, 2.05) is 7.05 Å². The van der Waals surface area contributed by atoms with E-state index in [0.29, 0.717) is 28.2 Å². The van der Waals surface area contributed by atoms with Gasteiger partial charge in [0.15, 0.2) is 0 Å². The highest BCUT2D eigenvalue weighted by molar-refractivity contribution is 6.39. The highest BCUT2D eigenvalue weighted by Gasteiger charge is 2.24. The van der Waals surface area contributed by atoms with Crippen LogP contribution in [0.25, 0.3) is 0 Å². The predicted octanol–water partition coefficient (Wildman–Crippen LogP) is 3.01. The van der Waals surface area contributed by atoms with Gasteiger partial charge in [-0.3, -0.25) is 9.69 Å². The minimum atomic E-state index is -0.0555. The number of anilines is 1. The fraction of sp³-hybridized carbons (Fsp3) is 0.533. The first-order valence-electron chi connectivity index (χ1n) is 7.24. The van der Waals surface area contributed by atoms with E-state index in [0.717, 1.165) is 19.6 Å². The number of halogens is 2. The number of hydrogen-bond donors (Lipinski definition) is 2. The molecule has 1 atom stereocenters. The van der Waals surface area contributed by atoms with E-state index < -0.39 is 0 Å².